The molecule has 3 rings (SSSR count). The summed E-state index contributed by atoms with van der Waals surface area (Å²) >= 11 is 1.53. The Morgan fingerprint density at radius 3 is 2.74 bits per heavy atom. The Balaban J connectivity index is 1.47. The van der Waals surface area contributed by atoms with Crippen LogP contribution in [0.25, 0.3) is 10.8 Å². The number of amides is 1. The highest BCUT2D eigenvalue weighted by Crippen LogP contribution is 2.26. The maximum absolute atomic E-state index is 12.1. The van der Waals surface area contributed by atoms with Crippen molar-refractivity contribution in [2.45, 2.75) is 26.4 Å². The molecule has 0 fully saturated rings. The molecular weight excluding hydrogens is 374 g/mol. The number of nitrogens with one attached hydrogen (secondary N) is 1. The van der Waals surface area contributed by atoms with E-state index in [-0.39, 0.29) is 18.1 Å². The van der Waals surface area contributed by atoms with Crippen LogP contribution in [-0.4, -0.2) is 24.0 Å². The summed E-state index contributed by atoms with van der Waals surface area (Å²) in [5.74, 6) is 1.11. The normalized spacial score (nSPS) is 11.0. The van der Waals surface area contributed by atoms with Crippen LogP contribution in [0.5, 0.6) is 5.75 Å². The molecule has 2 aromatic heterocycles. The van der Waals surface area contributed by atoms with E-state index in [9.17, 15) is 13.6 Å². The molecule has 2 heterocycles. The number of rotatable bonds is 8. The fourth-order valence-electron chi connectivity index (χ4n) is 2.50. The number of alkyl halides is 2. The minimum Gasteiger partial charge on any atom is -0.440 e. The van der Waals surface area contributed by atoms with Gasteiger partial charge in [0.1, 0.15) is 11.5 Å². The first-order valence-corrected chi connectivity index (χ1v) is 9.20. The van der Waals surface area contributed by atoms with Crippen LogP contribution in [0.15, 0.2) is 46.2 Å². The molecule has 0 saturated heterocycles. The van der Waals surface area contributed by atoms with E-state index in [2.05, 4.69) is 15.0 Å². The molecule has 3 aromatic rings. The summed E-state index contributed by atoms with van der Waals surface area (Å²) < 4.78 is 34.2. The summed E-state index contributed by atoms with van der Waals surface area (Å²) in [5.41, 5.74) is 1.53. The molecule has 0 atom stereocenters. The number of nitrogens with zero attached hydrogens (tertiary/aromatic N) is 1. The molecule has 1 amide bonds. The van der Waals surface area contributed by atoms with Crippen LogP contribution in [-0.2, 0) is 17.6 Å². The number of halogens is 2. The predicted octanol–water partition coefficient (Wildman–Crippen LogP) is 4.21. The standard InChI is InChI=1S/C19H18F2N2O3S/c1-12-15(23-18(25-12)16-3-2-10-27-16)11-17(24)22-9-8-13-4-6-14(7-5-13)26-19(20)21/h2-7,10,19H,8-9,11H2,1H3,(H,22,24). The first-order valence-electron chi connectivity index (χ1n) is 8.32. The summed E-state index contributed by atoms with van der Waals surface area (Å²) in [6.07, 6.45) is 0.723. The Labute approximate surface area is 159 Å². The lowest BCUT2D eigenvalue weighted by Gasteiger charge is -2.07. The second-order valence-corrected chi connectivity index (χ2v) is 6.75. The summed E-state index contributed by atoms with van der Waals surface area (Å²) in [7, 11) is 0. The van der Waals surface area contributed by atoms with Gasteiger partial charge in [0, 0.05) is 6.54 Å². The molecule has 0 saturated carbocycles. The van der Waals surface area contributed by atoms with Crippen LogP contribution in [0, 0.1) is 6.92 Å². The van der Waals surface area contributed by atoms with Crippen LogP contribution >= 0.6 is 11.3 Å². The average molecular weight is 392 g/mol. The number of hydrogen-bond donors (Lipinski definition) is 1. The van der Waals surface area contributed by atoms with Gasteiger partial charge >= 0.3 is 6.61 Å². The average Bonchev–Trinajstić information content (AvgIpc) is 3.26. The molecule has 142 valence electrons. The molecule has 0 aliphatic rings. The highest BCUT2D eigenvalue weighted by molar-refractivity contribution is 7.13. The largest absolute Gasteiger partial charge is 0.440 e. The monoisotopic (exact) mass is 392 g/mol. The Morgan fingerprint density at radius 2 is 2.07 bits per heavy atom. The zero-order valence-corrected chi connectivity index (χ0v) is 15.4. The van der Waals surface area contributed by atoms with Crippen molar-refractivity contribution in [3.05, 3.63) is 58.8 Å². The molecule has 8 heteroatoms. The van der Waals surface area contributed by atoms with Gasteiger partial charge < -0.3 is 14.5 Å². The van der Waals surface area contributed by atoms with Gasteiger partial charge in [0.25, 0.3) is 0 Å². The second-order valence-electron chi connectivity index (χ2n) is 5.80. The minimum atomic E-state index is -2.84. The molecule has 0 bridgehead atoms. The molecule has 0 unspecified atom stereocenters. The SMILES string of the molecule is Cc1oc(-c2cccs2)nc1CC(=O)NCCc1ccc(OC(F)F)cc1. The lowest BCUT2D eigenvalue weighted by atomic mass is 10.1. The highest BCUT2D eigenvalue weighted by atomic mass is 32.1. The number of aryl methyl sites for hydroxylation is 1. The van der Waals surface area contributed by atoms with Crippen molar-refractivity contribution >= 4 is 17.2 Å². The van der Waals surface area contributed by atoms with Crippen molar-refractivity contribution in [3.63, 3.8) is 0 Å². The summed E-state index contributed by atoms with van der Waals surface area (Å²) in [5, 5.41) is 4.77. The van der Waals surface area contributed by atoms with E-state index < -0.39 is 6.61 Å². The van der Waals surface area contributed by atoms with E-state index in [4.69, 9.17) is 4.42 Å². The number of hydrogen-bond acceptors (Lipinski definition) is 5. The van der Waals surface area contributed by atoms with Crippen LogP contribution < -0.4 is 10.1 Å². The smallest absolute Gasteiger partial charge is 0.387 e. The second kappa shape index (κ2) is 8.77. The van der Waals surface area contributed by atoms with Crippen LogP contribution in [0.4, 0.5) is 8.78 Å². The quantitative estimate of drug-likeness (QED) is 0.624. The summed E-state index contributed by atoms with van der Waals surface area (Å²) in [4.78, 5) is 17.5. The lowest BCUT2D eigenvalue weighted by Crippen LogP contribution is -2.27. The first kappa shape index (κ1) is 19.0. The van der Waals surface area contributed by atoms with Gasteiger partial charge in [0.15, 0.2) is 0 Å². The van der Waals surface area contributed by atoms with Gasteiger partial charge in [-0.2, -0.15) is 8.78 Å². The number of ether oxygens (including phenoxy) is 1. The van der Waals surface area contributed by atoms with E-state index in [0.29, 0.717) is 30.3 Å². The van der Waals surface area contributed by atoms with E-state index in [1.807, 2.05) is 17.5 Å². The zero-order chi connectivity index (χ0) is 19.2. The van der Waals surface area contributed by atoms with Gasteiger partial charge in [0.2, 0.25) is 11.8 Å². The van der Waals surface area contributed by atoms with E-state index in [1.165, 1.54) is 23.5 Å². The van der Waals surface area contributed by atoms with Gasteiger partial charge in [-0.1, -0.05) is 18.2 Å². The fourth-order valence-corrected chi connectivity index (χ4v) is 3.15. The molecule has 1 N–H and O–H groups in total. The van der Waals surface area contributed by atoms with E-state index in [1.54, 1.807) is 19.1 Å². The van der Waals surface area contributed by atoms with Gasteiger partial charge in [-0.05, 0) is 42.5 Å². The maximum atomic E-state index is 12.1. The van der Waals surface area contributed by atoms with Crippen molar-refractivity contribution in [1.82, 2.24) is 10.3 Å². The van der Waals surface area contributed by atoms with Crippen LogP contribution in [0.3, 0.4) is 0 Å². The van der Waals surface area contributed by atoms with Crippen molar-refractivity contribution in [1.29, 1.82) is 0 Å². The third kappa shape index (κ3) is 5.37. The van der Waals surface area contributed by atoms with Gasteiger partial charge in [-0.25, -0.2) is 4.98 Å². The molecule has 0 spiro atoms. The summed E-state index contributed by atoms with van der Waals surface area (Å²) in [6, 6.07) is 10.2. The van der Waals surface area contributed by atoms with E-state index >= 15 is 0 Å². The van der Waals surface area contributed by atoms with Crippen LogP contribution in [0.1, 0.15) is 17.0 Å². The van der Waals surface area contributed by atoms with Crippen LogP contribution in [0.2, 0.25) is 0 Å². The number of carbonyl (C=O) groups excluding carboxylic acids is 1. The third-order valence-corrected chi connectivity index (χ3v) is 4.69. The first-order chi connectivity index (χ1) is 13.0. The Bertz CT molecular complexity index is 877. The van der Waals surface area contributed by atoms with Gasteiger partial charge in [-0.3, -0.25) is 4.79 Å². The van der Waals surface area contributed by atoms with Crippen molar-refractivity contribution in [2.75, 3.05) is 6.54 Å². The molecule has 27 heavy (non-hydrogen) atoms. The maximum Gasteiger partial charge on any atom is 0.387 e. The van der Waals surface area contributed by atoms with Gasteiger partial charge in [-0.15, -0.1) is 11.3 Å². The molecular formula is C19H18F2N2O3S. The van der Waals surface area contributed by atoms with Crippen molar-refractivity contribution in [2.24, 2.45) is 0 Å². The Hall–Kier alpha value is -2.74. The Morgan fingerprint density at radius 1 is 1.30 bits per heavy atom. The topological polar surface area (TPSA) is 64.4 Å². The van der Waals surface area contributed by atoms with E-state index in [0.717, 1.165) is 10.4 Å². The van der Waals surface area contributed by atoms with Gasteiger partial charge in [0.05, 0.1) is 17.0 Å². The minimum absolute atomic E-state index is 0.112. The number of carbonyl (C=O) groups is 1. The number of benzene rings is 1. The predicted molar refractivity (Wildman–Crippen MR) is 98.0 cm³/mol. The Kier molecular flexibility index (Phi) is 6.18. The molecule has 0 aliphatic carbocycles. The van der Waals surface area contributed by atoms with Crippen molar-refractivity contribution in [3.8, 4) is 16.5 Å². The van der Waals surface area contributed by atoms with Crippen molar-refractivity contribution < 1.29 is 22.7 Å². The molecule has 1 aromatic carbocycles. The fraction of sp³-hybridized carbons (Fsp3) is 0.263. The number of aromatic nitrogens is 1. The molecule has 5 nitrogen and oxygen atoms in total. The third-order valence-electron chi connectivity index (χ3n) is 3.84. The lowest BCUT2D eigenvalue weighted by molar-refractivity contribution is -0.120. The molecule has 0 radical (unpaired) electrons. The summed E-state index contributed by atoms with van der Waals surface area (Å²) in [6.45, 7) is -0.617. The zero-order valence-electron chi connectivity index (χ0n) is 14.6. The number of oxazole rings is 1. The molecule has 0 aliphatic heterocycles. The highest BCUT2D eigenvalue weighted by Gasteiger charge is 2.15. The number of thiophene rings is 1.